The third-order valence-electron chi connectivity index (χ3n) is 3.37. The zero-order chi connectivity index (χ0) is 13.8. The molecule has 0 spiro atoms. The number of aromatic amines is 1. The number of aromatic nitrogens is 4. The average molecular weight is 272 g/mol. The van der Waals surface area contributed by atoms with Gasteiger partial charge in [0.2, 0.25) is 11.9 Å². The van der Waals surface area contributed by atoms with Gasteiger partial charge in [-0.1, -0.05) is 0 Å². The normalized spacial score (nSPS) is 18.2. The van der Waals surface area contributed by atoms with Crippen molar-refractivity contribution in [2.45, 2.75) is 25.4 Å². The Bertz CT molecular complexity index is 556. The maximum absolute atomic E-state index is 12.3. The summed E-state index contributed by atoms with van der Waals surface area (Å²) in [5.41, 5.74) is 0.888. The molecule has 1 amide bonds. The van der Waals surface area contributed by atoms with Crippen molar-refractivity contribution in [3.05, 3.63) is 36.7 Å². The molecule has 3 heterocycles. The number of amides is 1. The zero-order valence-electron chi connectivity index (χ0n) is 11.0. The number of hydrogen-bond acceptors (Lipinski definition) is 5. The fourth-order valence-corrected chi connectivity index (χ4v) is 2.40. The Kier molecular flexibility index (Phi) is 3.58. The fourth-order valence-electron chi connectivity index (χ4n) is 2.40. The van der Waals surface area contributed by atoms with E-state index in [2.05, 4.69) is 25.3 Å². The highest BCUT2D eigenvalue weighted by Gasteiger charge is 2.32. The van der Waals surface area contributed by atoms with E-state index in [9.17, 15) is 4.79 Å². The Hall–Kier alpha value is -2.44. The molecule has 2 aromatic heterocycles. The van der Waals surface area contributed by atoms with Gasteiger partial charge in [0.05, 0.1) is 18.6 Å². The molecule has 0 radical (unpaired) electrons. The van der Waals surface area contributed by atoms with Crippen molar-refractivity contribution in [1.82, 2.24) is 25.3 Å². The molecule has 1 saturated heterocycles. The summed E-state index contributed by atoms with van der Waals surface area (Å²) in [5, 5.41) is 2.92. The molecule has 1 aliphatic heterocycles. The van der Waals surface area contributed by atoms with Gasteiger partial charge in [0.25, 0.3) is 0 Å². The molecular formula is C13H16N6O. The molecule has 1 fully saturated rings. The number of anilines is 1. The summed E-state index contributed by atoms with van der Waals surface area (Å²) in [6.45, 7) is 1.27. The van der Waals surface area contributed by atoms with E-state index in [1.165, 1.54) is 0 Å². The van der Waals surface area contributed by atoms with E-state index in [0.717, 1.165) is 25.1 Å². The highest BCUT2D eigenvalue weighted by atomic mass is 16.2. The number of imidazole rings is 1. The number of rotatable bonds is 4. The van der Waals surface area contributed by atoms with Crippen molar-refractivity contribution in [3.63, 3.8) is 0 Å². The summed E-state index contributed by atoms with van der Waals surface area (Å²) in [6, 6.07) is 1.58. The van der Waals surface area contributed by atoms with Crippen LogP contribution in [0.25, 0.3) is 0 Å². The number of carbonyl (C=O) groups excluding carboxylic acids is 1. The molecular weight excluding hydrogens is 256 g/mol. The Labute approximate surface area is 116 Å². The first-order chi connectivity index (χ1) is 9.84. The molecule has 2 N–H and O–H groups in total. The van der Waals surface area contributed by atoms with Crippen LogP contribution in [0.3, 0.4) is 0 Å². The second-order valence-electron chi connectivity index (χ2n) is 4.69. The van der Waals surface area contributed by atoms with Gasteiger partial charge in [0, 0.05) is 25.1 Å². The number of nitrogens with zero attached hydrogens (tertiary/aromatic N) is 4. The van der Waals surface area contributed by atoms with Crippen LogP contribution in [0.4, 0.5) is 5.95 Å². The Morgan fingerprint density at radius 1 is 1.45 bits per heavy atom. The molecule has 2 aromatic rings. The Morgan fingerprint density at radius 2 is 2.30 bits per heavy atom. The van der Waals surface area contributed by atoms with E-state index in [1.807, 2.05) is 4.90 Å². The van der Waals surface area contributed by atoms with Crippen LogP contribution in [0.2, 0.25) is 0 Å². The van der Waals surface area contributed by atoms with Crippen molar-refractivity contribution in [2.75, 3.05) is 11.4 Å². The predicted octanol–water partition coefficient (Wildman–Crippen LogP) is 0.485. The number of carbonyl (C=O) groups is 1. The molecule has 1 atom stereocenters. The van der Waals surface area contributed by atoms with Gasteiger partial charge in [-0.05, 0) is 18.9 Å². The molecule has 0 bridgehead atoms. The maximum atomic E-state index is 12.3. The van der Waals surface area contributed by atoms with Gasteiger partial charge in [-0.15, -0.1) is 0 Å². The summed E-state index contributed by atoms with van der Waals surface area (Å²) in [7, 11) is 0. The van der Waals surface area contributed by atoms with E-state index < -0.39 is 0 Å². The minimum Gasteiger partial charge on any atom is -0.349 e. The largest absolute Gasteiger partial charge is 0.349 e. The summed E-state index contributed by atoms with van der Waals surface area (Å²) in [4.78, 5) is 29.6. The SMILES string of the molecule is O=C(NCc1cnc[nH]1)C1CCCN1c1ncccn1. The summed E-state index contributed by atoms with van der Waals surface area (Å²) in [6.07, 6.45) is 8.49. The molecule has 0 aliphatic carbocycles. The second kappa shape index (κ2) is 5.68. The minimum absolute atomic E-state index is 0.00422. The third kappa shape index (κ3) is 2.61. The summed E-state index contributed by atoms with van der Waals surface area (Å²) < 4.78 is 0. The van der Waals surface area contributed by atoms with Crippen LogP contribution >= 0.6 is 0 Å². The molecule has 0 saturated carbocycles. The first-order valence-electron chi connectivity index (χ1n) is 6.63. The number of hydrogen-bond donors (Lipinski definition) is 2. The van der Waals surface area contributed by atoms with Crippen molar-refractivity contribution in [2.24, 2.45) is 0 Å². The van der Waals surface area contributed by atoms with Gasteiger partial charge in [-0.25, -0.2) is 15.0 Å². The van der Waals surface area contributed by atoms with Crippen LogP contribution in [0.15, 0.2) is 31.0 Å². The van der Waals surface area contributed by atoms with E-state index in [4.69, 9.17) is 0 Å². The monoisotopic (exact) mass is 272 g/mol. The Morgan fingerprint density at radius 3 is 3.05 bits per heavy atom. The fraction of sp³-hybridized carbons (Fsp3) is 0.385. The number of nitrogens with one attached hydrogen (secondary N) is 2. The van der Waals surface area contributed by atoms with E-state index in [1.54, 1.807) is 31.0 Å². The first kappa shape index (κ1) is 12.6. The van der Waals surface area contributed by atoms with Crippen molar-refractivity contribution in [3.8, 4) is 0 Å². The van der Waals surface area contributed by atoms with Crippen LogP contribution in [0, 0.1) is 0 Å². The first-order valence-corrected chi connectivity index (χ1v) is 6.63. The van der Waals surface area contributed by atoms with Crippen LogP contribution < -0.4 is 10.2 Å². The quantitative estimate of drug-likeness (QED) is 0.845. The smallest absolute Gasteiger partial charge is 0.243 e. The van der Waals surface area contributed by atoms with Gasteiger partial charge in [-0.2, -0.15) is 0 Å². The summed E-state index contributed by atoms with van der Waals surface area (Å²) in [5.74, 6) is 0.622. The van der Waals surface area contributed by atoms with Gasteiger partial charge in [0.1, 0.15) is 6.04 Å². The molecule has 0 aromatic carbocycles. The topological polar surface area (TPSA) is 86.8 Å². The lowest BCUT2D eigenvalue weighted by molar-refractivity contribution is -0.122. The van der Waals surface area contributed by atoms with Crippen LogP contribution in [0.1, 0.15) is 18.5 Å². The molecule has 1 unspecified atom stereocenters. The van der Waals surface area contributed by atoms with Crippen LogP contribution in [0.5, 0.6) is 0 Å². The van der Waals surface area contributed by atoms with Crippen LogP contribution in [-0.2, 0) is 11.3 Å². The van der Waals surface area contributed by atoms with E-state index in [-0.39, 0.29) is 11.9 Å². The van der Waals surface area contributed by atoms with E-state index >= 15 is 0 Å². The Balaban J connectivity index is 1.64. The van der Waals surface area contributed by atoms with Crippen molar-refractivity contribution >= 4 is 11.9 Å². The molecule has 3 rings (SSSR count). The van der Waals surface area contributed by atoms with Gasteiger partial charge < -0.3 is 15.2 Å². The van der Waals surface area contributed by atoms with Crippen molar-refractivity contribution < 1.29 is 4.79 Å². The molecule has 104 valence electrons. The van der Waals surface area contributed by atoms with Gasteiger partial charge in [-0.3, -0.25) is 4.79 Å². The molecule has 7 heteroatoms. The average Bonchev–Trinajstić information content (AvgIpc) is 3.17. The predicted molar refractivity (Wildman–Crippen MR) is 72.8 cm³/mol. The van der Waals surface area contributed by atoms with Crippen molar-refractivity contribution in [1.29, 1.82) is 0 Å². The maximum Gasteiger partial charge on any atom is 0.243 e. The van der Waals surface area contributed by atoms with Crippen LogP contribution in [-0.4, -0.2) is 38.4 Å². The van der Waals surface area contributed by atoms with E-state index in [0.29, 0.717) is 12.5 Å². The minimum atomic E-state index is -0.194. The second-order valence-corrected chi connectivity index (χ2v) is 4.69. The molecule has 7 nitrogen and oxygen atoms in total. The standard InChI is InChI=1S/C13H16N6O/c20-12(17-8-10-7-14-9-18-10)11-3-1-6-19(11)13-15-4-2-5-16-13/h2,4-5,7,9,11H,1,3,6,8H2,(H,14,18)(H,17,20). The lowest BCUT2D eigenvalue weighted by Crippen LogP contribution is -2.43. The lowest BCUT2D eigenvalue weighted by atomic mass is 10.2. The highest BCUT2D eigenvalue weighted by molar-refractivity contribution is 5.85. The number of H-pyrrole nitrogens is 1. The molecule has 1 aliphatic rings. The van der Waals surface area contributed by atoms with Gasteiger partial charge >= 0.3 is 0 Å². The summed E-state index contributed by atoms with van der Waals surface area (Å²) >= 11 is 0. The van der Waals surface area contributed by atoms with Gasteiger partial charge in [0.15, 0.2) is 0 Å². The highest BCUT2D eigenvalue weighted by Crippen LogP contribution is 2.21. The lowest BCUT2D eigenvalue weighted by Gasteiger charge is -2.23. The zero-order valence-corrected chi connectivity index (χ0v) is 11.0. The third-order valence-corrected chi connectivity index (χ3v) is 3.37. The molecule has 20 heavy (non-hydrogen) atoms.